The van der Waals surface area contributed by atoms with Crippen molar-refractivity contribution in [2.75, 3.05) is 6.61 Å². The Bertz CT molecular complexity index is 836. The van der Waals surface area contributed by atoms with E-state index in [1.807, 2.05) is 6.92 Å². The number of nitrogens with zero attached hydrogens (tertiary/aromatic N) is 1. The zero-order chi connectivity index (χ0) is 18.3. The fraction of sp³-hybridized carbons (Fsp3) is 0.476. The van der Waals surface area contributed by atoms with Crippen LogP contribution in [0, 0.1) is 5.92 Å². The van der Waals surface area contributed by atoms with Crippen molar-refractivity contribution in [2.45, 2.75) is 51.4 Å². The molecule has 1 unspecified atom stereocenters. The normalized spacial score (nSPS) is 25.5. The van der Waals surface area contributed by atoms with Crippen molar-refractivity contribution in [1.82, 2.24) is 0 Å². The van der Waals surface area contributed by atoms with Crippen LogP contribution in [0.3, 0.4) is 0 Å². The molecule has 1 aromatic carbocycles. The highest BCUT2D eigenvalue weighted by Crippen LogP contribution is 2.47. The van der Waals surface area contributed by atoms with E-state index < -0.39 is 0 Å². The smallest absolute Gasteiger partial charge is 0.161 e. The first kappa shape index (κ1) is 17.0. The summed E-state index contributed by atoms with van der Waals surface area (Å²) in [5.41, 5.74) is 3.33. The standard InChI is InChI=1S/C21H23NO4/c1-2-26-18-11-12(9-10-15(18)23)19-20-13(5-3-7-16(20)24)22-14-6-4-8-17(25)21(14)19/h9-11,19-20,23H,2-8H2,1H3/t19-,20?/m1/s1. The Hall–Kier alpha value is -2.43. The highest BCUT2D eigenvalue weighted by atomic mass is 16.5. The Morgan fingerprint density at radius 1 is 1.12 bits per heavy atom. The average Bonchev–Trinajstić information content (AvgIpc) is 2.63. The molecule has 5 nitrogen and oxygen atoms in total. The highest BCUT2D eigenvalue weighted by molar-refractivity contribution is 6.12. The molecule has 5 heteroatoms. The van der Waals surface area contributed by atoms with Gasteiger partial charge in [0.15, 0.2) is 17.3 Å². The number of hydrogen-bond donors (Lipinski definition) is 1. The summed E-state index contributed by atoms with van der Waals surface area (Å²) in [6.07, 6.45) is 4.30. The Balaban J connectivity index is 1.87. The molecule has 136 valence electrons. The van der Waals surface area contributed by atoms with Crippen molar-refractivity contribution in [3.8, 4) is 11.5 Å². The lowest BCUT2D eigenvalue weighted by Gasteiger charge is -2.38. The van der Waals surface area contributed by atoms with Gasteiger partial charge in [-0.25, -0.2) is 0 Å². The molecule has 3 aliphatic rings. The Morgan fingerprint density at radius 2 is 1.92 bits per heavy atom. The van der Waals surface area contributed by atoms with Crippen LogP contribution in [-0.4, -0.2) is 29.0 Å². The summed E-state index contributed by atoms with van der Waals surface area (Å²) in [5.74, 6) is 0.0584. The van der Waals surface area contributed by atoms with E-state index in [9.17, 15) is 14.7 Å². The summed E-state index contributed by atoms with van der Waals surface area (Å²) in [7, 11) is 0. The van der Waals surface area contributed by atoms with Crippen LogP contribution in [0.4, 0.5) is 0 Å². The van der Waals surface area contributed by atoms with Crippen molar-refractivity contribution in [1.29, 1.82) is 0 Å². The number of phenols is 1. The van der Waals surface area contributed by atoms with Gasteiger partial charge in [0.25, 0.3) is 0 Å². The van der Waals surface area contributed by atoms with E-state index >= 15 is 0 Å². The molecule has 0 spiro atoms. The second-order valence-electron chi connectivity index (χ2n) is 7.18. The van der Waals surface area contributed by atoms with Gasteiger partial charge < -0.3 is 9.84 Å². The molecule has 4 rings (SSSR count). The van der Waals surface area contributed by atoms with Gasteiger partial charge in [0.05, 0.1) is 12.5 Å². The number of ether oxygens (including phenoxy) is 1. The first-order chi connectivity index (χ1) is 12.6. The Morgan fingerprint density at radius 3 is 2.73 bits per heavy atom. The van der Waals surface area contributed by atoms with Crippen LogP contribution >= 0.6 is 0 Å². The number of ketones is 2. The number of carbonyl (C=O) groups is 2. The third-order valence-electron chi connectivity index (χ3n) is 5.56. The van der Waals surface area contributed by atoms with Gasteiger partial charge in [-0.2, -0.15) is 0 Å². The molecule has 26 heavy (non-hydrogen) atoms. The van der Waals surface area contributed by atoms with Crippen molar-refractivity contribution in [3.05, 3.63) is 35.0 Å². The van der Waals surface area contributed by atoms with E-state index in [4.69, 9.17) is 9.73 Å². The maximum atomic E-state index is 12.8. The zero-order valence-electron chi connectivity index (χ0n) is 15.0. The van der Waals surface area contributed by atoms with E-state index in [0.29, 0.717) is 30.8 Å². The Kier molecular flexibility index (Phi) is 4.39. The van der Waals surface area contributed by atoms with Crippen LogP contribution < -0.4 is 4.74 Å². The molecule has 2 atom stereocenters. The van der Waals surface area contributed by atoms with E-state index in [-0.39, 0.29) is 29.2 Å². The molecular weight excluding hydrogens is 330 g/mol. The third kappa shape index (κ3) is 2.75. The molecular formula is C21H23NO4. The molecule has 0 radical (unpaired) electrons. The molecule has 1 saturated carbocycles. The maximum absolute atomic E-state index is 12.8. The molecule has 0 aromatic heterocycles. The predicted octanol–water partition coefficient (Wildman–Crippen LogP) is 3.71. The van der Waals surface area contributed by atoms with Crippen LogP contribution in [0.25, 0.3) is 0 Å². The minimum atomic E-state index is -0.358. The number of Topliss-reactive ketones (excluding diaryl/α,β-unsaturated/α-hetero) is 2. The molecule has 1 heterocycles. The number of fused-ring (bicyclic) bond motifs is 1. The van der Waals surface area contributed by atoms with Gasteiger partial charge in [-0.05, 0) is 50.3 Å². The van der Waals surface area contributed by atoms with Gasteiger partial charge in [-0.1, -0.05) is 6.07 Å². The van der Waals surface area contributed by atoms with Gasteiger partial charge in [-0.15, -0.1) is 0 Å². The van der Waals surface area contributed by atoms with Crippen molar-refractivity contribution in [3.63, 3.8) is 0 Å². The van der Waals surface area contributed by atoms with Crippen molar-refractivity contribution >= 4 is 17.3 Å². The minimum Gasteiger partial charge on any atom is -0.504 e. The lowest BCUT2D eigenvalue weighted by molar-refractivity contribution is -0.122. The number of benzene rings is 1. The second kappa shape index (κ2) is 6.71. The van der Waals surface area contributed by atoms with Gasteiger partial charge in [0, 0.05) is 35.7 Å². The van der Waals surface area contributed by atoms with Gasteiger partial charge in [-0.3, -0.25) is 14.6 Å². The summed E-state index contributed by atoms with van der Waals surface area (Å²) in [5, 5.41) is 10.0. The number of aromatic hydroxyl groups is 1. The summed E-state index contributed by atoms with van der Waals surface area (Å²) >= 11 is 0. The molecule has 1 fully saturated rings. The first-order valence-corrected chi connectivity index (χ1v) is 9.42. The topological polar surface area (TPSA) is 76.0 Å². The lowest BCUT2D eigenvalue weighted by atomic mass is 9.67. The second-order valence-corrected chi connectivity index (χ2v) is 7.18. The predicted molar refractivity (Wildman–Crippen MR) is 97.7 cm³/mol. The van der Waals surface area contributed by atoms with Gasteiger partial charge in [0.2, 0.25) is 0 Å². The Labute approximate surface area is 152 Å². The van der Waals surface area contributed by atoms with Crippen LogP contribution in [0.15, 0.2) is 34.5 Å². The SMILES string of the molecule is CCOc1cc([C@H]2C3=C(CCCC3=O)N=C3CCCC(=O)C32)ccc1O. The number of carbonyl (C=O) groups excluding carboxylic acids is 2. The first-order valence-electron chi connectivity index (χ1n) is 9.42. The van der Waals surface area contributed by atoms with E-state index in [1.54, 1.807) is 18.2 Å². The summed E-state index contributed by atoms with van der Waals surface area (Å²) < 4.78 is 5.53. The molecule has 0 bridgehead atoms. The lowest BCUT2D eigenvalue weighted by Crippen LogP contribution is -2.39. The van der Waals surface area contributed by atoms with Crippen LogP contribution in [0.5, 0.6) is 11.5 Å². The van der Waals surface area contributed by atoms with Gasteiger partial charge in [0.1, 0.15) is 5.78 Å². The van der Waals surface area contributed by atoms with E-state index in [2.05, 4.69) is 0 Å². The highest BCUT2D eigenvalue weighted by Gasteiger charge is 2.44. The van der Waals surface area contributed by atoms with Crippen LogP contribution in [-0.2, 0) is 9.59 Å². The number of aliphatic imine (C=N–C) groups is 1. The summed E-state index contributed by atoms with van der Waals surface area (Å²) in [6.45, 7) is 2.29. The van der Waals surface area contributed by atoms with Crippen molar-refractivity contribution < 1.29 is 19.4 Å². The van der Waals surface area contributed by atoms with Gasteiger partial charge >= 0.3 is 0 Å². The number of phenolic OH excluding ortho intramolecular Hbond substituents is 1. The third-order valence-corrected chi connectivity index (χ3v) is 5.56. The quantitative estimate of drug-likeness (QED) is 0.899. The fourth-order valence-electron chi connectivity index (χ4n) is 4.45. The number of rotatable bonds is 3. The number of hydrogen-bond acceptors (Lipinski definition) is 5. The van der Waals surface area contributed by atoms with Crippen LogP contribution in [0.1, 0.15) is 56.9 Å². The van der Waals surface area contributed by atoms with Crippen molar-refractivity contribution in [2.24, 2.45) is 10.9 Å². The summed E-state index contributed by atoms with van der Waals surface area (Å²) in [6, 6.07) is 5.17. The van der Waals surface area contributed by atoms with E-state index in [1.165, 1.54) is 0 Å². The molecule has 0 amide bonds. The molecule has 1 N–H and O–H groups in total. The molecule has 2 aliphatic carbocycles. The fourth-order valence-corrected chi connectivity index (χ4v) is 4.45. The maximum Gasteiger partial charge on any atom is 0.161 e. The molecule has 1 aromatic rings. The van der Waals surface area contributed by atoms with Crippen LogP contribution in [0.2, 0.25) is 0 Å². The largest absolute Gasteiger partial charge is 0.504 e. The molecule has 1 aliphatic heterocycles. The number of allylic oxidation sites excluding steroid dienone is 2. The monoisotopic (exact) mass is 353 g/mol. The average molecular weight is 353 g/mol. The summed E-state index contributed by atoms with van der Waals surface area (Å²) in [4.78, 5) is 30.3. The zero-order valence-corrected chi connectivity index (χ0v) is 15.0. The minimum absolute atomic E-state index is 0.0689. The van der Waals surface area contributed by atoms with E-state index in [0.717, 1.165) is 42.7 Å². The molecule has 0 saturated heterocycles.